The summed E-state index contributed by atoms with van der Waals surface area (Å²) < 4.78 is 0. The SMILES string of the molecule is CC(O)(Cc1ccncc1Cl)C(=O)O. The van der Waals surface area contributed by atoms with E-state index in [0.717, 1.165) is 0 Å². The first-order valence-electron chi connectivity index (χ1n) is 3.97. The van der Waals surface area contributed by atoms with Crippen LogP contribution in [0.2, 0.25) is 5.02 Å². The van der Waals surface area contributed by atoms with Crippen LogP contribution in [0.15, 0.2) is 18.5 Å². The molecule has 0 saturated heterocycles. The van der Waals surface area contributed by atoms with Gasteiger partial charge in [-0.3, -0.25) is 4.98 Å². The fourth-order valence-corrected chi connectivity index (χ4v) is 1.18. The van der Waals surface area contributed by atoms with Gasteiger partial charge in [0.1, 0.15) is 0 Å². The van der Waals surface area contributed by atoms with Crippen LogP contribution in [0.5, 0.6) is 0 Å². The Kier molecular flexibility index (Phi) is 3.08. The Labute approximate surface area is 86.2 Å². The monoisotopic (exact) mass is 215 g/mol. The van der Waals surface area contributed by atoms with Crippen molar-refractivity contribution < 1.29 is 15.0 Å². The lowest BCUT2D eigenvalue weighted by molar-refractivity contribution is -0.156. The summed E-state index contributed by atoms with van der Waals surface area (Å²) in [5.41, 5.74) is -1.24. The molecule has 1 unspecified atom stereocenters. The third-order valence-corrected chi connectivity index (χ3v) is 2.19. The molecule has 0 aliphatic rings. The number of pyridine rings is 1. The predicted molar refractivity (Wildman–Crippen MR) is 51.2 cm³/mol. The molecule has 0 spiro atoms. The Balaban J connectivity index is 2.89. The summed E-state index contributed by atoms with van der Waals surface area (Å²) in [6.45, 7) is 1.23. The fraction of sp³-hybridized carbons (Fsp3) is 0.333. The zero-order chi connectivity index (χ0) is 10.8. The standard InChI is InChI=1S/C9H10ClNO3/c1-9(14,8(12)13)4-6-2-3-11-5-7(6)10/h2-3,5,14H,4H2,1H3,(H,12,13). The summed E-state index contributed by atoms with van der Waals surface area (Å²) >= 11 is 5.77. The molecule has 0 aromatic carbocycles. The van der Waals surface area contributed by atoms with Gasteiger partial charge in [0.05, 0.1) is 5.02 Å². The highest BCUT2D eigenvalue weighted by molar-refractivity contribution is 6.31. The van der Waals surface area contributed by atoms with Crippen molar-refractivity contribution in [3.8, 4) is 0 Å². The molecule has 1 heterocycles. The van der Waals surface area contributed by atoms with Crippen molar-refractivity contribution in [1.29, 1.82) is 0 Å². The molecule has 1 aromatic heterocycles. The number of carboxylic acids is 1. The topological polar surface area (TPSA) is 70.4 Å². The van der Waals surface area contributed by atoms with Gasteiger partial charge < -0.3 is 10.2 Å². The Hall–Kier alpha value is -1.13. The zero-order valence-electron chi connectivity index (χ0n) is 7.57. The van der Waals surface area contributed by atoms with E-state index in [-0.39, 0.29) is 6.42 Å². The summed E-state index contributed by atoms with van der Waals surface area (Å²) in [6, 6.07) is 1.58. The Morgan fingerprint density at radius 1 is 1.71 bits per heavy atom. The number of carbonyl (C=O) groups is 1. The van der Waals surface area contributed by atoms with E-state index in [1.54, 1.807) is 6.07 Å². The lowest BCUT2D eigenvalue weighted by Gasteiger charge is -2.18. The highest BCUT2D eigenvalue weighted by atomic mass is 35.5. The first-order chi connectivity index (χ1) is 6.43. The predicted octanol–water partition coefficient (Wildman–Crippen LogP) is 1.11. The number of aliphatic hydroxyl groups is 1. The van der Waals surface area contributed by atoms with E-state index in [1.165, 1.54) is 19.3 Å². The number of hydrogen-bond acceptors (Lipinski definition) is 3. The van der Waals surface area contributed by atoms with Gasteiger partial charge in [-0.15, -0.1) is 0 Å². The van der Waals surface area contributed by atoms with E-state index in [4.69, 9.17) is 16.7 Å². The Bertz CT molecular complexity index is 352. The van der Waals surface area contributed by atoms with Gasteiger partial charge in [-0.1, -0.05) is 11.6 Å². The number of rotatable bonds is 3. The fourth-order valence-electron chi connectivity index (χ4n) is 0.994. The highest BCUT2D eigenvalue weighted by Crippen LogP contribution is 2.19. The highest BCUT2D eigenvalue weighted by Gasteiger charge is 2.30. The van der Waals surface area contributed by atoms with Crippen LogP contribution in [0.1, 0.15) is 12.5 Å². The van der Waals surface area contributed by atoms with Crippen LogP contribution < -0.4 is 0 Å². The van der Waals surface area contributed by atoms with Crippen molar-refractivity contribution in [2.75, 3.05) is 0 Å². The smallest absolute Gasteiger partial charge is 0.335 e. The molecule has 14 heavy (non-hydrogen) atoms. The van der Waals surface area contributed by atoms with Gasteiger partial charge in [-0.2, -0.15) is 0 Å². The minimum atomic E-state index is -1.80. The zero-order valence-corrected chi connectivity index (χ0v) is 8.32. The van der Waals surface area contributed by atoms with E-state index in [0.29, 0.717) is 10.6 Å². The molecule has 1 aromatic rings. The van der Waals surface area contributed by atoms with E-state index < -0.39 is 11.6 Å². The molecule has 0 bridgehead atoms. The van der Waals surface area contributed by atoms with Crippen LogP contribution in [0.3, 0.4) is 0 Å². The van der Waals surface area contributed by atoms with E-state index >= 15 is 0 Å². The number of halogens is 1. The summed E-state index contributed by atoms with van der Waals surface area (Å²) in [7, 11) is 0. The molecule has 5 heteroatoms. The normalized spacial score (nSPS) is 14.8. The van der Waals surface area contributed by atoms with Crippen LogP contribution in [0.25, 0.3) is 0 Å². The van der Waals surface area contributed by atoms with Gasteiger partial charge in [0.15, 0.2) is 5.60 Å². The average Bonchev–Trinajstić information content (AvgIpc) is 2.08. The molecule has 0 fully saturated rings. The maximum Gasteiger partial charge on any atom is 0.335 e. The van der Waals surface area contributed by atoms with E-state index in [1.807, 2.05) is 0 Å². The third-order valence-electron chi connectivity index (χ3n) is 1.85. The summed E-state index contributed by atoms with van der Waals surface area (Å²) in [6.07, 6.45) is 2.87. The minimum absolute atomic E-state index is 0.0380. The molecule has 1 rings (SSSR count). The molecule has 0 aliphatic heterocycles. The maximum atomic E-state index is 10.6. The van der Waals surface area contributed by atoms with Crippen molar-refractivity contribution >= 4 is 17.6 Å². The summed E-state index contributed by atoms with van der Waals surface area (Å²) in [5.74, 6) is -1.27. The lowest BCUT2D eigenvalue weighted by atomic mass is 9.97. The van der Waals surface area contributed by atoms with E-state index in [9.17, 15) is 9.90 Å². The van der Waals surface area contributed by atoms with Crippen LogP contribution in [0, 0.1) is 0 Å². The second-order valence-corrected chi connectivity index (χ2v) is 3.63. The average molecular weight is 216 g/mol. The number of aromatic nitrogens is 1. The number of hydrogen-bond donors (Lipinski definition) is 2. The summed E-state index contributed by atoms with van der Waals surface area (Å²) in [5, 5.41) is 18.5. The molecule has 0 radical (unpaired) electrons. The number of aliphatic carboxylic acids is 1. The lowest BCUT2D eigenvalue weighted by Crippen LogP contribution is -2.37. The molecule has 0 saturated carbocycles. The largest absolute Gasteiger partial charge is 0.479 e. The van der Waals surface area contributed by atoms with Crippen molar-refractivity contribution in [2.45, 2.75) is 18.9 Å². The van der Waals surface area contributed by atoms with Gasteiger partial charge in [0.2, 0.25) is 0 Å². The molecule has 2 N–H and O–H groups in total. The summed E-state index contributed by atoms with van der Waals surface area (Å²) in [4.78, 5) is 14.4. The van der Waals surface area contributed by atoms with Gasteiger partial charge in [-0.05, 0) is 18.6 Å². The molecular weight excluding hydrogens is 206 g/mol. The van der Waals surface area contributed by atoms with Crippen molar-refractivity contribution in [1.82, 2.24) is 4.98 Å². The van der Waals surface area contributed by atoms with Crippen LogP contribution in [-0.2, 0) is 11.2 Å². The first kappa shape index (κ1) is 10.9. The molecule has 0 aliphatic carbocycles. The Morgan fingerprint density at radius 2 is 2.36 bits per heavy atom. The van der Waals surface area contributed by atoms with Crippen LogP contribution in [-0.4, -0.2) is 26.8 Å². The number of carboxylic acid groups (broad SMARTS) is 1. The maximum absolute atomic E-state index is 10.6. The van der Waals surface area contributed by atoms with E-state index in [2.05, 4.69) is 4.98 Å². The number of nitrogens with zero attached hydrogens (tertiary/aromatic N) is 1. The Morgan fingerprint density at radius 3 is 2.86 bits per heavy atom. The third kappa shape index (κ3) is 2.43. The molecule has 1 atom stereocenters. The molecule has 4 nitrogen and oxygen atoms in total. The van der Waals surface area contributed by atoms with Gasteiger partial charge >= 0.3 is 5.97 Å². The second-order valence-electron chi connectivity index (χ2n) is 3.22. The van der Waals surface area contributed by atoms with Crippen molar-refractivity contribution in [3.63, 3.8) is 0 Å². The molecule has 0 amide bonds. The second kappa shape index (κ2) is 3.94. The molecular formula is C9H10ClNO3. The van der Waals surface area contributed by atoms with Crippen molar-refractivity contribution in [2.24, 2.45) is 0 Å². The molecule has 76 valence electrons. The van der Waals surface area contributed by atoms with Crippen LogP contribution >= 0.6 is 11.6 Å². The van der Waals surface area contributed by atoms with Crippen LogP contribution in [0.4, 0.5) is 0 Å². The first-order valence-corrected chi connectivity index (χ1v) is 4.35. The van der Waals surface area contributed by atoms with Crippen molar-refractivity contribution in [3.05, 3.63) is 29.0 Å². The van der Waals surface area contributed by atoms with Gasteiger partial charge in [-0.25, -0.2) is 4.79 Å². The van der Waals surface area contributed by atoms with Gasteiger partial charge in [0.25, 0.3) is 0 Å². The van der Waals surface area contributed by atoms with Gasteiger partial charge in [0, 0.05) is 18.8 Å². The quantitative estimate of drug-likeness (QED) is 0.793. The minimum Gasteiger partial charge on any atom is -0.479 e.